The fourth-order valence-electron chi connectivity index (χ4n) is 1.86. The molecule has 0 atom stereocenters. The van der Waals surface area contributed by atoms with Crippen molar-refractivity contribution in [2.75, 3.05) is 0 Å². The monoisotopic (exact) mass is 254 g/mol. The Morgan fingerprint density at radius 2 is 2.12 bits per heavy atom. The van der Waals surface area contributed by atoms with E-state index in [-0.39, 0.29) is 16.9 Å². The molecule has 0 aliphatic heterocycles. The van der Waals surface area contributed by atoms with Crippen LogP contribution in [0.1, 0.15) is 38.9 Å². The minimum absolute atomic E-state index is 0.0294. The molecule has 2 heterocycles. The number of aromatic nitrogens is 4. The summed E-state index contributed by atoms with van der Waals surface area (Å²) >= 11 is 6.04. The normalized spacial score (nSPS) is 11.6. The summed E-state index contributed by atoms with van der Waals surface area (Å²) in [6.07, 6.45) is 1.77. The van der Waals surface area contributed by atoms with E-state index < -0.39 is 0 Å². The van der Waals surface area contributed by atoms with Crippen LogP contribution < -0.4 is 5.56 Å². The van der Waals surface area contributed by atoms with Crippen molar-refractivity contribution >= 4 is 22.6 Å². The molecule has 17 heavy (non-hydrogen) atoms. The number of aryl methyl sites for hydroxylation is 1. The van der Waals surface area contributed by atoms with Crippen LogP contribution in [-0.4, -0.2) is 19.7 Å². The third-order valence-electron chi connectivity index (χ3n) is 2.65. The molecule has 0 bridgehead atoms. The first-order chi connectivity index (χ1) is 8.06. The van der Waals surface area contributed by atoms with Gasteiger partial charge in [-0.25, -0.2) is 4.98 Å². The van der Waals surface area contributed by atoms with E-state index in [4.69, 9.17) is 11.6 Å². The van der Waals surface area contributed by atoms with Gasteiger partial charge in [-0.15, -0.1) is 0 Å². The molecule has 0 saturated carbocycles. The van der Waals surface area contributed by atoms with Gasteiger partial charge in [0.25, 0.3) is 5.56 Å². The zero-order chi connectivity index (χ0) is 12.6. The summed E-state index contributed by atoms with van der Waals surface area (Å²) in [7, 11) is 0. The molecule has 2 rings (SSSR count). The molecule has 2 aromatic heterocycles. The van der Waals surface area contributed by atoms with Crippen molar-refractivity contribution < 1.29 is 0 Å². The van der Waals surface area contributed by atoms with E-state index in [0.29, 0.717) is 11.0 Å². The van der Waals surface area contributed by atoms with Crippen LogP contribution in [0.25, 0.3) is 11.0 Å². The molecule has 5 nitrogen and oxygen atoms in total. The zero-order valence-electron chi connectivity index (χ0n) is 10.1. The minimum atomic E-state index is -0.186. The van der Waals surface area contributed by atoms with Gasteiger partial charge in [0.1, 0.15) is 5.52 Å². The van der Waals surface area contributed by atoms with Gasteiger partial charge in [-0.3, -0.25) is 14.5 Å². The third-order valence-corrected chi connectivity index (χ3v) is 2.92. The van der Waals surface area contributed by atoms with Gasteiger partial charge >= 0.3 is 0 Å². The van der Waals surface area contributed by atoms with Crippen molar-refractivity contribution in [2.45, 2.75) is 39.7 Å². The number of hydrogen-bond donors (Lipinski definition) is 1. The molecule has 0 radical (unpaired) electrons. The van der Waals surface area contributed by atoms with Crippen LogP contribution in [0.3, 0.4) is 0 Å². The molecule has 0 aliphatic rings. The lowest BCUT2D eigenvalue weighted by Gasteiger charge is -2.10. The van der Waals surface area contributed by atoms with Crippen molar-refractivity contribution in [3.05, 3.63) is 21.3 Å². The van der Waals surface area contributed by atoms with Gasteiger partial charge in [-0.2, -0.15) is 5.10 Å². The number of H-pyrrole nitrogens is 1. The van der Waals surface area contributed by atoms with Crippen molar-refractivity contribution in [2.24, 2.45) is 0 Å². The summed E-state index contributed by atoms with van der Waals surface area (Å²) in [6.45, 7) is 5.84. The number of nitrogens with one attached hydrogen (secondary N) is 1. The summed E-state index contributed by atoms with van der Waals surface area (Å²) in [5, 5.41) is 7.12. The summed E-state index contributed by atoms with van der Waals surface area (Å²) in [5.41, 5.74) is 1.65. The van der Waals surface area contributed by atoms with E-state index in [9.17, 15) is 4.79 Å². The highest BCUT2D eigenvalue weighted by molar-refractivity contribution is 6.28. The van der Waals surface area contributed by atoms with Crippen LogP contribution in [0, 0.1) is 0 Å². The Hall–Kier alpha value is -1.36. The maximum Gasteiger partial charge on any atom is 0.283 e. The average Bonchev–Trinajstić information content (AvgIpc) is 2.62. The molecule has 0 spiro atoms. The number of fused-ring (bicyclic) bond motifs is 1. The van der Waals surface area contributed by atoms with E-state index in [1.165, 1.54) is 4.57 Å². The van der Waals surface area contributed by atoms with E-state index in [1.807, 2.05) is 13.8 Å². The lowest BCUT2D eigenvalue weighted by atomic mass is 10.2. The van der Waals surface area contributed by atoms with E-state index in [2.05, 4.69) is 22.1 Å². The molecule has 2 aromatic rings. The second-order valence-corrected chi connectivity index (χ2v) is 4.64. The minimum Gasteiger partial charge on any atom is -0.280 e. The van der Waals surface area contributed by atoms with Gasteiger partial charge < -0.3 is 0 Å². The SMILES string of the molecule is CCCc1[nH]nc2c(=O)n(C(C)C)c(Cl)nc12. The predicted octanol–water partition coefficient (Wildman–Crippen LogP) is 2.31. The summed E-state index contributed by atoms with van der Waals surface area (Å²) in [5.74, 6) is 0. The number of halogens is 1. The largest absolute Gasteiger partial charge is 0.283 e. The van der Waals surface area contributed by atoms with Crippen LogP contribution in [-0.2, 0) is 6.42 Å². The van der Waals surface area contributed by atoms with Crippen LogP contribution in [0.2, 0.25) is 5.28 Å². The van der Waals surface area contributed by atoms with Crippen LogP contribution >= 0.6 is 11.6 Å². The third kappa shape index (κ3) is 1.95. The van der Waals surface area contributed by atoms with Crippen molar-refractivity contribution in [3.63, 3.8) is 0 Å². The standard InChI is InChI=1S/C11H15ClN4O/c1-4-5-7-8-9(15-14-7)10(17)16(6(2)3)11(12)13-8/h6H,4-5H2,1-3H3,(H,14,15). The Bertz CT molecular complexity index is 599. The predicted molar refractivity (Wildman–Crippen MR) is 67.5 cm³/mol. The highest BCUT2D eigenvalue weighted by atomic mass is 35.5. The topological polar surface area (TPSA) is 63.6 Å². The number of hydrogen-bond acceptors (Lipinski definition) is 3. The first-order valence-electron chi connectivity index (χ1n) is 5.71. The Balaban J connectivity index is 2.74. The van der Waals surface area contributed by atoms with Gasteiger partial charge in [-0.1, -0.05) is 13.3 Å². The second-order valence-electron chi connectivity index (χ2n) is 4.30. The van der Waals surface area contributed by atoms with Crippen molar-refractivity contribution in [1.29, 1.82) is 0 Å². The molecule has 6 heteroatoms. The molecule has 92 valence electrons. The average molecular weight is 255 g/mol. The molecule has 0 amide bonds. The molecular formula is C11H15ClN4O. The Morgan fingerprint density at radius 3 is 2.71 bits per heavy atom. The maximum absolute atomic E-state index is 12.2. The van der Waals surface area contributed by atoms with Crippen LogP contribution in [0.4, 0.5) is 0 Å². The van der Waals surface area contributed by atoms with E-state index in [0.717, 1.165) is 18.5 Å². The number of aromatic amines is 1. The summed E-state index contributed by atoms with van der Waals surface area (Å²) in [4.78, 5) is 16.4. The quantitative estimate of drug-likeness (QED) is 0.855. The Labute approximate surface area is 104 Å². The number of nitrogens with zero attached hydrogens (tertiary/aromatic N) is 3. The Kier molecular flexibility index (Phi) is 3.19. The van der Waals surface area contributed by atoms with Gasteiger partial charge in [0, 0.05) is 6.04 Å². The first-order valence-corrected chi connectivity index (χ1v) is 6.09. The smallest absolute Gasteiger partial charge is 0.280 e. The van der Waals surface area contributed by atoms with E-state index in [1.54, 1.807) is 0 Å². The molecule has 1 N–H and O–H groups in total. The van der Waals surface area contributed by atoms with Gasteiger partial charge in [0.15, 0.2) is 5.52 Å². The highest BCUT2D eigenvalue weighted by Gasteiger charge is 2.16. The fraction of sp³-hybridized carbons (Fsp3) is 0.545. The lowest BCUT2D eigenvalue weighted by Crippen LogP contribution is -2.24. The molecule has 0 unspecified atom stereocenters. The van der Waals surface area contributed by atoms with Crippen LogP contribution in [0.15, 0.2) is 4.79 Å². The van der Waals surface area contributed by atoms with Gasteiger partial charge in [0.2, 0.25) is 5.28 Å². The molecule has 0 aliphatic carbocycles. The van der Waals surface area contributed by atoms with E-state index >= 15 is 0 Å². The van der Waals surface area contributed by atoms with Gasteiger partial charge in [-0.05, 0) is 31.9 Å². The molecule has 0 fully saturated rings. The van der Waals surface area contributed by atoms with Crippen molar-refractivity contribution in [3.8, 4) is 0 Å². The Morgan fingerprint density at radius 1 is 1.41 bits per heavy atom. The van der Waals surface area contributed by atoms with Gasteiger partial charge in [0.05, 0.1) is 5.69 Å². The second kappa shape index (κ2) is 4.49. The molecular weight excluding hydrogens is 240 g/mol. The molecule has 0 aromatic carbocycles. The zero-order valence-corrected chi connectivity index (χ0v) is 10.9. The number of rotatable bonds is 3. The lowest BCUT2D eigenvalue weighted by molar-refractivity contribution is 0.573. The molecule has 0 saturated heterocycles. The van der Waals surface area contributed by atoms with Crippen molar-refractivity contribution in [1.82, 2.24) is 19.7 Å². The van der Waals surface area contributed by atoms with Crippen LogP contribution in [0.5, 0.6) is 0 Å². The maximum atomic E-state index is 12.2. The fourth-order valence-corrected chi connectivity index (χ4v) is 2.21. The summed E-state index contributed by atoms with van der Waals surface area (Å²) in [6, 6.07) is -0.0294. The first kappa shape index (κ1) is 12.1. The highest BCUT2D eigenvalue weighted by Crippen LogP contribution is 2.17. The summed E-state index contributed by atoms with van der Waals surface area (Å²) < 4.78 is 1.44.